The second-order valence-electron chi connectivity index (χ2n) is 6.67. The number of rotatable bonds is 3. The molecule has 3 aromatic rings. The highest BCUT2D eigenvalue weighted by atomic mass is 16.5. The van der Waals surface area contributed by atoms with Crippen LogP contribution in [0.3, 0.4) is 0 Å². The molecule has 1 aliphatic rings. The number of imidazole rings is 1. The zero-order valence-electron chi connectivity index (χ0n) is 15.9. The fraction of sp³-hybridized carbons (Fsp3) is 0.350. The highest BCUT2D eigenvalue weighted by molar-refractivity contribution is 5.95. The van der Waals surface area contributed by atoms with Crippen LogP contribution in [0.4, 0.5) is 0 Å². The molecule has 4 rings (SSSR count). The van der Waals surface area contributed by atoms with Gasteiger partial charge in [-0.15, -0.1) is 0 Å². The normalized spacial score (nSPS) is 16.3. The largest absolute Gasteiger partial charge is 0.493 e. The Morgan fingerprint density at radius 2 is 1.96 bits per heavy atom. The number of ether oxygens (including phenoxy) is 2. The summed E-state index contributed by atoms with van der Waals surface area (Å²) in [6, 6.07) is 5.70. The average molecular weight is 366 g/mol. The van der Waals surface area contributed by atoms with Crippen molar-refractivity contribution in [2.24, 2.45) is 0 Å². The first-order valence-electron chi connectivity index (χ1n) is 8.90. The van der Waals surface area contributed by atoms with E-state index in [2.05, 4.69) is 9.97 Å². The van der Waals surface area contributed by atoms with Gasteiger partial charge in [-0.25, -0.2) is 9.97 Å². The van der Waals surface area contributed by atoms with Crippen molar-refractivity contribution in [2.75, 3.05) is 20.8 Å². The number of methoxy groups -OCH3 is 2. The molecule has 0 saturated heterocycles. The monoisotopic (exact) mass is 366 g/mol. The Labute approximate surface area is 157 Å². The minimum Gasteiger partial charge on any atom is -0.493 e. The highest BCUT2D eigenvalue weighted by Crippen LogP contribution is 2.38. The van der Waals surface area contributed by atoms with Crippen LogP contribution < -0.4 is 9.47 Å². The van der Waals surface area contributed by atoms with E-state index in [-0.39, 0.29) is 11.9 Å². The van der Waals surface area contributed by atoms with Gasteiger partial charge in [0.15, 0.2) is 11.5 Å². The first kappa shape index (κ1) is 17.3. The Hall–Kier alpha value is -3.09. The van der Waals surface area contributed by atoms with Crippen molar-refractivity contribution >= 4 is 11.7 Å². The molecule has 7 nitrogen and oxygen atoms in total. The molecule has 1 atom stereocenters. The zero-order chi connectivity index (χ0) is 19.1. The second kappa shape index (κ2) is 6.57. The number of carbonyl (C=O) groups is 1. The summed E-state index contributed by atoms with van der Waals surface area (Å²) in [7, 11) is 3.25. The van der Waals surface area contributed by atoms with Crippen LogP contribution in [0.5, 0.6) is 11.5 Å². The molecule has 1 aromatic carbocycles. The van der Waals surface area contributed by atoms with Crippen LogP contribution in [0.2, 0.25) is 0 Å². The fourth-order valence-electron chi connectivity index (χ4n) is 3.81. The van der Waals surface area contributed by atoms with E-state index in [1.54, 1.807) is 30.9 Å². The number of aromatic nitrogens is 3. The SMILES string of the molecule is COc1cc2c(cc1OC)[C@@H](C)N(C(=O)c1c(C)nc3ncccn13)CC2. The molecule has 0 spiro atoms. The van der Waals surface area contributed by atoms with Gasteiger partial charge in [0.25, 0.3) is 5.91 Å². The Morgan fingerprint density at radius 3 is 2.70 bits per heavy atom. The van der Waals surface area contributed by atoms with E-state index < -0.39 is 0 Å². The van der Waals surface area contributed by atoms with Crippen LogP contribution in [0, 0.1) is 6.92 Å². The molecule has 0 saturated carbocycles. The standard InChI is InChI=1S/C20H22N4O3/c1-12-18(24-8-5-7-21-20(24)22-12)19(25)23-9-6-14-10-16(26-3)17(27-4)11-15(14)13(23)2/h5,7-8,10-11,13H,6,9H2,1-4H3/t13-/m1/s1. The number of hydrogen-bond acceptors (Lipinski definition) is 5. The van der Waals surface area contributed by atoms with Crippen molar-refractivity contribution in [2.45, 2.75) is 26.3 Å². The van der Waals surface area contributed by atoms with Gasteiger partial charge in [0.1, 0.15) is 5.69 Å². The summed E-state index contributed by atoms with van der Waals surface area (Å²) in [5, 5.41) is 0. The molecule has 0 radical (unpaired) electrons. The number of nitrogens with zero attached hydrogens (tertiary/aromatic N) is 4. The van der Waals surface area contributed by atoms with Crippen molar-refractivity contribution in [3.63, 3.8) is 0 Å². The van der Waals surface area contributed by atoms with Gasteiger partial charge in [0.05, 0.1) is 26.0 Å². The molecule has 7 heteroatoms. The Kier molecular flexibility index (Phi) is 4.22. The minimum atomic E-state index is -0.0809. The van der Waals surface area contributed by atoms with E-state index in [0.717, 1.165) is 12.0 Å². The van der Waals surface area contributed by atoms with Gasteiger partial charge in [0.2, 0.25) is 5.78 Å². The average Bonchev–Trinajstić information content (AvgIpc) is 3.02. The van der Waals surface area contributed by atoms with Crippen molar-refractivity contribution in [3.05, 3.63) is 53.1 Å². The number of fused-ring (bicyclic) bond motifs is 2. The maximum absolute atomic E-state index is 13.4. The molecule has 1 amide bonds. The number of carbonyl (C=O) groups excluding carboxylic acids is 1. The second-order valence-corrected chi connectivity index (χ2v) is 6.67. The fourth-order valence-corrected chi connectivity index (χ4v) is 3.81. The molecule has 0 unspecified atom stereocenters. The highest BCUT2D eigenvalue weighted by Gasteiger charge is 2.32. The third kappa shape index (κ3) is 2.70. The van der Waals surface area contributed by atoms with Crippen molar-refractivity contribution in [3.8, 4) is 11.5 Å². The van der Waals surface area contributed by atoms with Crippen LogP contribution in [0.15, 0.2) is 30.6 Å². The van der Waals surface area contributed by atoms with Crippen molar-refractivity contribution < 1.29 is 14.3 Å². The van der Waals surface area contributed by atoms with Gasteiger partial charge in [-0.05, 0) is 49.6 Å². The lowest BCUT2D eigenvalue weighted by Gasteiger charge is -2.35. The van der Waals surface area contributed by atoms with E-state index in [1.165, 1.54) is 5.56 Å². The first-order chi connectivity index (χ1) is 13.0. The van der Waals surface area contributed by atoms with Gasteiger partial charge in [-0.1, -0.05) is 0 Å². The summed E-state index contributed by atoms with van der Waals surface area (Å²) in [6.45, 7) is 4.52. The van der Waals surface area contributed by atoms with Crippen molar-refractivity contribution in [1.29, 1.82) is 0 Å². The zero-order valence-corrected chi connectivity index (χ0v) is 15.9. The third-order valence-corrected chi connectivity index (χ3v) is 5.23. The van der Waals surface area contributed by atoms with E-state index in [0.29, 0.717) is 35.2 Å². The predicted molar refractivity (Wildman–Crippen MR) is 100 cm³/mol. The van der Waals surface area contributed by atoms with Crippen LogP contribution in [0.25, 0.3) is 5.78 Å². The van der Waals surface area contributed by atoms with E-state index in [9.17, 15) is 4.79 Å². The molecule has 0 aliphatic carbocycles. The Bertz CT molecular complexity index is 1030. The first-order valence-corrected chi connectivity index (χ1v) is 8.90. The number of amides is 1. The van der Waals surface area contributed by atoms with E-state index >= 15 is 0 Å². The molecule has 0 fully saturated rings. The summed E-state index contributed by atoms with van der Waals surface area (Å²) in [4.78, 5) is 23.9. The van der Waals surface area contributed by atoms with E-state index in [4.69, 9.17) is 9.47 Å². The van der Waals surface area contributed by atoms with Crippen LogP contribution in [0.1, 0.15) is 40.3 Å². The lowest BCUT2D eigenvalue weighted by molar-refractivity contribution is 0.0669. The van der Waals surface area contributed by atoms with Gasteiger partial charge in [-0.2, -0.15) is 0 Å². The predicted octanol–water partition coefficient (Wildman–Crippen LogP) is 2.81. The number of aryl methyl sites for hydroxylation is 1. The van der Waals surface area contributed by atoms with Crippen LogP contribution >= 0.6 is 0 Å². The third-order valence-electron chi connectivity index (χ3n) is 5.23. The van der Waals surface area contributed by atoms with Gasteiger partial charge < -0.3 is 14.4 Å². The molecule has 0 N–H and O–H groups in total. The quantitative estimate of drug-likeness (QED) is 0.713. The maximum Gasteiger partial charge on any atom is 0.273 e. The lowest BCUT2D eigenvalue weighted by atomic mass is 9.92. The molecule has 0 bridgehead atoms. The minimum absolute atomic E-state index is 0.0408. The van der Waals surface area contributed by atoms with Crippen LogP contribution in [-0.4, -0.2) is 45.9 Å². The maximum atomic E-state index is 13.4. The molecular weight excluding hydrogens is 344 g/mol. The Balaban J connectivity index is 1.74. The molecular formula is C20H22N4O3. The molecule has 1 aliphatic heterocycles. The summed E-state index contributed by atoms with van der Waals surface area (Å²) in [5.41, 5.74) is 3.51. The topological polar surface area (TPSA) is 69.0 Å². The molecule has 3 heterocycles. The number of hydrogen-bond donors (Lipinski definition) is 0. The summed E-state index contributed by atoms with van der Waals surface area (Å²) in [5.74, 6) is 1.88. The van der Waals surface area contributed by atoms with Gasteiger partial charge >= 0.3 is 0 Å². The Morgan fingerprint density at radius 1 is 1.22 bits per heavy atom. The van der Waals surface area contributed by atoms with E-state index in [1.807, 2.05) is 37.1 Å². The van der Waals surface area contributed by atoms with Gasteiger partial charge in [-0.3, -0.25) is 9.20 Å². The number of benzene rings is 1. The molecule has 140 valence electrons. The smallest absolute Gasteiger partial charge is 0.273 e. The van der Waals surface area contributed by atoms with Crippen molar-refractivity contribution in [1.82, 2.24) is 19.3 Å². The molecule has 2 aromatic heterocycles. The summed E-state index contributed by atoms with van der Waals surface area (Å²) >= 11 is 0. The summed E-state index contributed by atoms with van der Waals surface area (Å²) in [6.07, 6.45) is 4.27. The van der Waals surface area contributed by atoms with Gasteiger partial charge in [0, 0.05) is 18.9 Å². The summed E-state index contributed by atoms with van der Waals surface area (Å²) < 4.78 is 12.6. The lowest BCUT2D eigenvalue weighted by Crippen LogP contribution is -2.39. The molecule has 27 heavy (non-hydrogen) atoms. The van der Waals surface area contributed by atoms with Crippen LogP contribution in [-0.2, 0) is 6.42 Å².